The zero-order valence-corrected chi connectivity index (χ0v) is 14.2. The molecule has 0 fully saturated rings. The average molecular weight is 317 g/mol. The van der Waals surface area contributed by atoms with Crippen LogP contribution in [0.1, 0.15) is 16.7 Å². The minimum Gasteiger partial charge on any atom is -0.256 e. The Kier molecular flexibility index (Phi) is 4.94. The van der Waals surface area contributed by atoms with E-state index in [0.29, 0.717) is 0 Å². The van der Waals surface area contributed by atoms with Gasteiger partial charge < -0.3 is 0 Å². The normalized spacial score (nSPS) is 11.0. The fourth-order valence-electron chi connectivity index (χ4n) is 2.22. The highest BCUT2D eigenvalue weighted by Gasteiger charge is 1.98. The summed E-state index contributed by atoms with van der Waals surface area (Å²) in [5, 5.41) is 0. The van der Waals surface area contributed by atoms with E-state index in [1.54, 1.807) is 11.8 Å². The lowest BCUT2D eigenvalue weighted by molar-refractivity contribution is 1.36. The van der Waals surface area contributed by atoms with Crippen molar-refractivity contribution >= 4 is 23.7 Å². The number of hydrogen-bond acceptors (Lipinski definition) is 2. The molecule has 0 saturated heterocycles. The van der Waals surface area contributed by atoms with E-state index in [1.807, 2.05) is 24.4 Å². The Hall–Kier alpha value is -2.32. The molecule has 0 unspecified atom stereocenters. The number of para-hydroxylation sites is 1. The third-order valence-electron chi connectivity index (χ3n) is 3.60. The molecule has 0 aliphatic rings. The maximum Gasteiger partial charge on any atom is 0.0659 e. The standard InChI is InChI=1S/C21H19NS/c1-16-7-11-19(12-8-16)23-20-13-9-18(10-14-20)15-22-21-6-4-3-5-17(21)2/h3-15H,1-2H3. The molecule has 3 aromatic carbocycles. The van der Waals surface area contributed by atoms with Crippen molar-refractivity contribution in [3.63, 3.8) is 0 Å². The molecule has 114 valence electrons. The predicted octanol–water partition coefficient (Wildman–Crippen LogP) is 6.21. The lowest BCUT2D eigenvalue weighted by Gasteiger charge is -2.03. The number of aryl methyl sites for hydroxylation is 2. The van der Waals surface area contributed by atoms with Crippen LogP contribution in [0, 0.1) is 13.8 Å². The third kappa shape index (κ3) is 4.33. The first-order valence-corrected chi connectivity index (χ1v) is 8.47. The van der Waals surface area contributed by atoms with Crippen molar-refractivity contribution in [1.29, 1.82) is 0 Å². The van der Waals surface area contributed by atoms with E-state index in [2.05, 4.69) is 73.4 Å². The van der Waals surface area contributed by atoms with Crippen LogP contribution >= 0.6 is 11.8 Å². The van der Waals surface area contributed by atoms with Gasteiger partial charge in [0.15, 0.2) is 0 Å². The summed E-state index contributed by atoms with van der Waals surface area (Å²) in [6, 6.07) is 25.3. The fraction of sp³-hybridized carbons (Fsp3) is 0.0952. The van der Waals surface area contributed by atoms with Gasteiger partial charge in [0.2, 0.25) is 0 Å². The van der Waals surface area contributed by atoms with E-state index in [0.717, 1.165) is 11.3 Å². The summed E-state index contributed by atoms with van der Waals surface area (Å²) >= 11 is 1.78. The Morgan fingerprint density at radius 2 is 1.35 bits per heavy atom. The van der Waals surface area contributed by atoms with Crippen molar-refractivity contribution in [2.45, 2.75) is 23.6 Å². The third-order valence-corrected chi connectivity index (χ3v) is 4.62. The van der Waals surface area contributed by atoms with Gasteiger partial charge in [0.25, 0.3) is 0 Å². The number of rotatable bonds is 4. The zero-order chi connectivity index (χ0) is 16.1. The van der Waals surface area contributed by atoms with Gasteiger partial charge in [-0.1, -0.05) is 59.8 Å². The Morgan fingerprint density at radius 1 is 0.739 bits per heavy atom. The molecule has 0 radical (unpaired) electrons. The van der Waals surface area contributed by atoms with Crippen molar-refractivity contribution in [1.82, 2.24) is 0 Å². The lowest BCUT2D eigenvalue weighted by atomic mass is 10.2. The summed E-state index contributed by atoms with van der Waals surface area (Å²) in [5.41, 5.74) is 4.61. The second kappa shape index (κ2) is 7.30. The Labute approximate surface area is 142 Å². The van der Waals surface area contributed by atoms with Crippen LogP contribution in [-0.4, -0.2) is 6.21 Å². The molecule has 1 nitrogen and oxygen atoms in total. The van der Waals surface area contributed by atoms with E-state index in [-0.39, 0.29) is 0 Å². The largest absolute Gasteiger partial charge is 0.256 e. The van der Waals surface area contributed by atoms with Crippen LogP contribution in [0.4, 0.5) is 5.69 Å². The van der Waals surface area contributed by atoms with Crippen LogP contribution in [0.3, 0.4) is 0 Å². The summed E-state index contributed by atoms with van der Waals surface area (Å²) in [4.78, 5) is 7.07. The molecule has 0 heterocycles. The second-order valence-corrected chi connectivity index (χ2v) is 6.68. The topological polar surface area (TPSA) is 12.4 Å². The first-order valence-electron chi connectivity index (χ1n) is 7.65. The van der Waals surface area contributed by atoms with Crippen LogP contribution in [0.25, 0.3) is 0 Å². The predicted molar refractivity (Wildman–Crippen MR) is 100 cm³/mol. The molecule has 2 heteroatoms. The molecular weight excluding hydrogens is 298 g/mol. The van der Waals surface area contributed by atoms with Crippen molar-refractivity contribution in [2.75, 3.05) is 0 Å². The van der Waals surface area contributed by atoms with Crippen LogP contribution in [0.5, 0.6) is 0 Å². The van der Waals surface area contributed by atoms with E-state index < -0.39 is 0 Å². The second-order valence-electron chi connectivity index (χ2n) is 5.53. The monoisotopic (exact) mass is 317 g/mol. The van der Waals surface area contributed by atoms with Crippen molar-refractivity contribution in [2.24, 2.45) is 4.99 Å². The summed E-state index contributed by atoms with van der Waals surface area (Å²) < 4.78 is 0. The first-order chi connectivity index (χ1) is 11.2. The number of nitrogens with zero attached hydrogens (tertiary/aromatic N) is 1. The Morgan fingerprint density at radius 3 is 2.00 bits per heavy atom. The highest BCUT2D eigenvalue weighted by Crippen LogP contribution is 2.27. The number of benzene rings is 3. The Balaban J connectivity index is 1.69. The van der Waals surface area contributed by atoms with Crippen molar-refractivity contribution < 1.29 is 0 Å². The molecular formula is C21H19NS. The first kappa shape index (κ1) is 15.6. The number of aliphatic imine (C=N–C) groups is 1. The smallest absolute Gasteiger partial charge is 0.0659 e. The van der Waals surface area contributed by atoms with Gasteiger partial charge in [-0.2, -0.15) is 0 Å². The van der Waals surface area contributed by atoms with Crippen LogP contribution in [-0.2, 0) is 0 Å². The van der Waals surface area contributed by atoms with Crippen LogP contribution < -0.4 is 0 Å². The minimum atomic E-state index is 1.02. The molecule has 0 saturated carbocycles. The van der Waals surface area contributed by atoms with E-state index in [9.17, 15) is 0 Å². The van der Waals surface area contributed by atoms with Gasteiger partial charge in [-0.25, -0.2) is 0 Å². The van der Waals surface area contributed by atoms with E-state index >= 15 is 0 Å². The van der Waals surface area contributed by atoms with Crippen molar-refractivity contribution in [3.05, 3.63) is 89.5 Å². The molecule has 0 atom stereocenters. The quantitative estimate of drug-likeness (QED) is 0.521. The zero-order valence-electron chi connectivity index (χ0n) is 13.4. The highest BCUT2D eigenvalue weighted by atomic mass is 32.2. The lowest BCUT2D eigenvalue weighted by Crippen LogP contribution is -1.82. The fourth-order valence-corrected chi connectivity index (χ4v) is 3.03. The molecule has 23 heavy (non-hydrogen) atoms. The van der Waals surface area contributed by atoms with Gasteiger partial charge in [0, 0.05) is 16.0 Å². The minimum absolute atomic E-state index is 1.02. The number of hydrogen-bond donors (Lipinski definition) is 0. The molecule has 0 bridgehead atoms. The van der Waals surface area contributed by atoms with Gasteiger partial charge >= 0.3 is 0 Å². The van der Waals surface area contributed by atoms with Crippen molar-refractivity contribution in [3.8, 4) is 0 Å². The summed E-state index contributed by atoms with van der Waals surface area (Å²) in [6.45, 7) is 4.19. The molecule has 0 aliphatic carbocycles. The molecule has 0 amide bonds. The van der Waals surface area contributed by atoms with Gasteiger partial charge in [-0.15, -0.1) is 0 Å². The maximum atomic E-state index is 4.57. The Bertz CT molecular complexity index is 802. The van der Waals surface area contributed by atoms with Gasteiger partial charge in [0.1, 0.15) is 0 Å². The molecule has 0 aromatic heterocycles. The molecule has 3 rings (SSSR count). The summed E-state index contributed by atoms with van der Waals surface area (Å²) in [5.74, 6) is 0. The SMILES string of the molecule is Cc1ccc(Sc2ccc(C=Nc3ccccc3C)cc2)cc1. The van der Waals surface area contributed by atoms with E-state index in [4.69, 9.17) is 0 Å². The highest BCUT2D eigenvalue weighted by molar-refractivity contribution is 7.99. The summed E-state index contributed by atoms with van der Waals surface area (Å²) in [7, 11) is 0. The van der Waals surface area contributed by atoms with Gasteiger partial charge in [-0.05, 0) is 55.3 Å². The molecule has 0 spiro atoms. The van der Waals surface area contributed by atoms with Crippen LogP contribution in [0.2, 0.25) is 0 Å². The molecule has 3 aromatic rings. The van der Waals surface area contributed by atoms with Gasteiger partial charge in [-0.3, -0.25) is 4.99 Å². The average Bonchev–Trinajstić information content (AvgIpc) is 2.58. The van der Waals surface area contributed by atoms with Crippen LogP contribution in [0.15, 0.2) is 87.6 Å². The molecule has 0 aliphatic heterocycles. The summed E-state index contributed by atoms with van der Waals surface area (Å²) in [6.07, 6.45) is 1.92. The van der Waals surface area contributed by atoms with E-state index in [1.165, 1.54) is 20.9 Å². The maximum absolute atomic E-state index is 4.57. The van der Waals surface area contributed by atoms with Gasteiger partial charge in [0.05, 0.1) is 5.69 Å². The molecule has 0 N–H and O–H groups in total.